The lowest BCUT2D eigenvalue weighted by molar-refractivity contribution is -0.434. The van der Waals surface area contributed by atoms with Crippen molar-refractivity contribution in [2.45, 2.75) is 19.3 Å². The van der Waals surface area contributed by atoms with Gasteiger partial charge in [-0.3, -0.25) is 24.5 Å². The maximum absolute atomic E-state index is 11.6. The SMILES string of the molecule is Cc1cn([C@H]2C=C([N+](=O)[O-])[C@@H](CO)O2)c(=O)[nH]c1=O. The highest BCUT2D eigenvalue weighted by Crippen LogP contribution is 2.26. The van der Waals surface area contributed by atoms with Crippen molar-refractivity contribution < 1.29 is 14.8 Å². The first-order valence-electron chi connectivity index (χ1n) is 5.38. The number of hydrogen-bond donors (Lipinski definition) is 2. The summed E-state index contributed by atoms with van der Waals surface area (Å²) in [6.45, 7) is 0.922. The number of nitro groups is 1. The van der Waals surface area contributed by atoms with Crippen LogP contribution in [0.4, 0.5) is 0 Å². The third-order valence-corrected chi connectivity index (χ3v) is 2.74. The number of aryl methyl sites for hydroxylation is 1. The topological polar surface area (TPSA) is 127 Å². The minimum Gasteiger partial charge on any atom is -0.393 e. The van der Waals surface area contributed by atoms with E-state index in [2.05, 4.69) is 4.98 Å². The van der Waals surface area contributed by atoms with Gasteiger partial charge in [-0.05, 0) is 6.92 Å². The first kappa shape index (κ1) is 13.2. The fourth-order valence-corrected chi connectivity index (χ4v) is 1.77. The van der Waals surface area contributed by atoms with Crippen LogP contribution >= 0.6 is 0 Å². The Morgan fingerprint density at radius 2 is 2.26 bits per heavy atom. The molecule has 0 radical (unpaired) electrons. The van der Waals surface area contributed by atoms with Gasteiger partial charge in [0.2, 0.25) is 0 Å². The first-order chi connectivity index (χ1) is 8.93. The normalized spacial score (nSPS) is 22.3. The van der Waals surface area contributed by atoms with E-state index in [0.717, 1.165) is 10.6 Å². The highest BCUT2D eigenvalue weighted by atomic mass is 16.6. The van der Waals surface area contributed by atoms with E-state index in [1.54, 1.807) is 0 Å². The summed E-state index contributed by atoms with van der Waals surface area (Å²) in [6.07, 6.45) is 0.249. The van der Waals surface area contributed by atoms with E-state index < -0.39 is 35.1 Å². The molecule has 1 aromatic heterocycles. The van der Waals surface area contributed by atoms with Gasteiger partial charge in [-0.2, -0.15) is 0 Å². The highest BCUT2D eigenvalue weighted by molar-refractivity contribution is 5.10. The maximum atomic E-state index is 11.6. The van der Waals surface area contributed by atoms with Crippen LogP contribution in [0.5, 0.6) is 0 Å². The Kier molecular flexibility index (Phi) is 3.32. The molecule has 19 heavy (non-hydrogen) atoms. The second kappa shape index (κ2) is 4.78. The zero-order chi connectivity index (χ0) is 14.2. The first-order valence-corrected chi connectivity index (χ1v) is 5.38. The molecule has 2 heterocycles. The van der Waals surface area contributed by atoms with E-state index in [0.29, 0.717) is 0 Å². The molecule has 2 N–H and O–H groups in total. The summed E-state index contributed by atoms with van der Waals surface area (Å²) < 4.78 is 6.23. The molecule has 0 aromatic carbocycles. The summed E-state index contributed by atoms with van der Waals surface area (Å²) in [4.78, 5) is 35.0. The predicted molar refractivity (Wildman–Crippen MR) is 62.1 cm³/mol. The lowest BCUT2D eigenvalue weighted by Gasteiger charge is -2.13. The number of H-pyrrole nitrogens is 1. The minimum atomic E-state index is -1.10. The molecular weight excluding hydrogens is 258 g/mol. The van der Waals surface area contributed by atoms with E-state index in [-0.39, 0.29) is 11.3 Å². The van der Waals surface area contributed by atoms with Crippen LogP contribution < -0.4 is 11.2 Å². The number of aliphatic hydroxyl groups is 1. The lowest BCUT2D eigenvalue weighted by Crippen LogP contribution is -2.33. The van der Waals surface area contributed by atoms with Crippen LogP contribution in [0.3, 0.4) is 0 Å². The maximum Gasteiger partial charge on any atom is 0.330 e. The van der Waals surface area contributed by atoms with Crippen LogP contribution in [-0.4, -0.2) is 32.3 Å². The number of nitrogens with zero attached hydrogens (tertiary/aromatic N) is 2. The Morgan fingerprint density at radius 1 is 1.58 bits per heavy atom. The fourth-order valence-electron chi connectivity index (χ4n) is 1.77. The van der Waals surface area contributed by atoms with Crippen molar-refractivity contribution in [3.8, 4) is 0 Å². The quantitative estimate of drug-likeness (QED) is 0.529. The lowest BCUT2D eigenvalue weighted by atomic mass is 10.3. The van der Waals surface area contributed by atoms with E-state index in [1.165, 1.54) is 13.1 Å². The minimum absolute atomic E-state index is 0.270. The van der Waals surface area contributed by atoms with Gasteiger partial charge >= 0.3 is 5.69 Å². The smallest absolute Gasteiger partial charge is 0.330 e. The molecule has 9 nitrogen and oxygen atoms in total. The van der Waals surface area contributed by atoms with E-state index in [9.17, 15) is 19.7 Å². The van der Waals surface area contributed by atoms with Gasteiger partial charge in [-0.15, -0.1) is 0 Å². The molecule has 102 valence electrons. The van der Waals surface area contributed by atoms with Crippen LogP contribution in [0.25, 0.3) is 0 Å². The Bertz CT molecular complexity index is 658. The van der Waals surface area contributed by atoms with Crippen LogP contribution in [0.2, 0.25) is 0 Å². The second-order valence-electron chi connectivity index (χ2n) is 4.03. The van der Waals surface area contributed by atoms with Gasteiger partial charge in [0, 0.05) is 17.8 Å². The zero-order valence-corrected chi connectivity index (χ0v) is 9.90. The largest absolute Gasteiger partial charge is 0.393 e. The number of nitrogens with one attached hydrogen (secondary N) is 1. The highest BCUT2D eigenvalue weighted by Gasteiger charge is 2.36. The standard InChI is InChI=1S/C10H11N3O6/c1-5-3-12(10(16)11-9(5)15)8-2-6(13(17)18)7(4-14)19-8/h2-3,7-8,14H,4H2,1H3,(H,11,15,16)/t7-,8-/m1/s1. The van der Waals surface area contributed by atoms with Gasteiger partial charge in [-0.25, -0.2) is 4.79 Å². The third-order valence-electron chi connectivity index (χ3n) is 2.74. The number of aliphatic hydroxyl groups excluding tert-OH is 1. The summed E-state index contributed by atoms with van der Waals surface area (Å²) in [5.74, 6) is 0. The Labute approximate surface area is 105 Å². The van der Waals surface area contributed by atoms with Crippen molar-refractivity contribution in [2.75, 3.05) is 6.61 Å². The van der Waals surface area contributed by atoms with Crippen molar-refractivity contribution in [1.29, 1.82) is 0 Å². The molecule has 0 aliphatic carbocycles. The molecule has 2 atom stereocenters. The van der Waals surface area contributed by atoms with E-state index in [4.69, 9.17) is 9.84 Å². The summed E-state index contributed by atoms with van der Waals surface area (Å²) in [5.41, 5.74) is -1.32. The third kappa shape index (κ3) is 2.33. The van der Waals surface area contributed by atoms with Crippen LogP contribution in [0.15, 0.2) is 27.6 Å². The number of rotatable bonds is 3. The molecule has 1 aromatic rings. The number of aromatic nitrogens is 2. The van der Waals surface area contributed by atoms with Gasteiger partial charge in [0.1, 0.15) is 0 Å². The molecule has 0 bridgehead atoms. The molecule has 0 fully saturated rings. The second-order valence-corrected chi connectivity index (χ2v) is 4.03. The fraction of sp³-hybridized carbons (Fsp3) is 0.400. The summed E-state index contributed by atoms with van der Waals surface area (Å²) in [5, 5.41) is 19.8. The van der Waals surface area contributed by atoms with Crippen molar-refractivity contribution in [3.05, 3.63) is 54.5 Å². The van der Waals surface area contributed by atoms with E-state index in [1.807, 2.05) is 0 Å². The van der Waals surface area contributed by atoms with Gasteiger partial charge in [0.05, 0.1) is 11.5 Å². The van der Waals surface area contributed by atoms with Gasteiger partial charge in [-0.1, -0.05) is 0 Å². The van der Waals surface area contributed by atoms with Crippen molar-refractivity contribution >= 4 is 0 Å². The molecule has 0 saturated carbocycles. The molecule has 0 spiro atoms. The monoisotopic (exact) mass is 269 g/mol. The molecule has 9 heteroatoms. The van der Waals surface area contributed by atoms with Crippen LogP contribution in [0, 0.1) is 17.0 Å². The Balaban J connectivity index is 2.45. The molecule has 2 rings (SSSR count). The van der Waals surface area contributed by atoms with Crippen molar-refractivity contribution in [1.82, 2.24) is 9.55 Å². The van der Waals surface area contributed by atoms with Crippen LogP contribution in [0.1, 0.15) is 11.8 Å². The zero-order valence-electron chi connectivity index (χ0n) is 9.90. The molecular formula is C10H11N3O6. The summed E-state index contributed by atoms with van der Waals surface area (Å²) >= 11 is 0. The van der Waals surface area contributed by atoms with Gasteiger partial charge in [0.25, 0.3) is 11.3 Å². The predicted octanol–water partition coefficient (Wildman–Crippen LogP) is -1.10. The van der Waals surface area contributed by atoms with Crippen molar-refractivity contribution in [2.24, 2.45) is 0 Å². The van der Waals surface area contributed by atoms with E-state index >= 15 is 0 Å². The number of hydrogen-bond acceptors (Lipinski definition) is 6. The van der Waals surface area contributed by atoms with Crippen LogP contribution in [-0.2, 0) is 4.74 Å². The Morgan fingerprint density at radius 3 is 2.79 bits per heavy atom. The molecule has 1 aliphatic heterocycles. The average Bonchev–Trinajstić information content (AvgIpc) is 2.77. The van der Waals surface area contributed by atoms with Gasteiger partial charge < -0.3 is 9.84 Å². The molecule has 0 unspecified atom stereocenters. The summed E-state index contributed by atoms with van der Waals surface area (Å²) in [7, 11) is 0. The summed E-state index contributed by atoms with van der Waals surface area (Å²) in [6, 6.07) is 0. The molecule has 0 amide bonds. The van der Waals surface area contributed by atoms with Crippen molar-refractivity contribution in [3.63, 3.8) is 0 Å². The molecule has 0 saturated heterocycles. The van der Waals surface area contributed by atoms with Gasteiger partial charge in [0.15, 0.2) is 12.3 Å². The average molecular weight is 269 g/mol. The Hall–Kier alpha value is -2.26. The molecule has 1 aliphatic rings. The number of aromatic amines is 1. The number of ether oxygens (including phenoxy) is 1.